The third-order valence-electron chi connectivity index (χ3n) is 4.37. The number of rotatable bonds is 3. The van der Waals surface area contributed by atoms with E-state index < -0.39 is 0 Å². The van der Waals surface area contributed by atoms with Crippen LogP contribution in [0.2, 0.25) is 0 Å². The van der Waals surface area contributed by atoms with Crippen molar-refractivity contribution in [1.29, 1.82) is 0 Å². The number of methoxy groups -OCH3 is 1. The molecule has 3 aromatic heterocycles. The Morgan fingerprint density at radius 1 is 1.04 bits per heavy atom. The predicted molar refractivity (Wildman–Crippen MR) is 94.1 cm³/mol. The van der Waals surface area contributed by atoms with Gasteiger partial charge in [-0.15, -0.1) is 0 Å². The molecule has 1 saturated heterocycles. The van der Waals surface area contributed by atoms with Crippen LogP contribution in [-0.2, 0) is 7.05 Å². The lowest BCUT2D eigenvalue weighted by Gasteiger charge is -2.35. The maximum Gasteiger partial charge on any atom is 0.228 e. The molecule has 0 N–H and O–H groups in total. The van der Waals surface area contributed by atoms with Gasteiger partial charge in [0.15, 0.2) is 5.65 Å². The quantitative estimate of drug-likeness (QED) is 0.692. The van der Waals surface area contributed by atoms with Gasteiger partial charge < -0.3 is 14.5 Å². The lowest BCUT2D eigenvalue weighted by molar-refractivity contribution is 0.396. The summed E-state index contributed by atoms with van der Waals surface area (Å²) in [5, 5.41) is 5.30. The number of anilines is 2. The first-order chi connectivity index (χ1) is 12.2. The van der Waals surface area contributed by atoms with Crippen molar-refractivity contribution in [1.82, 2.24) is 29.7 Å². The third-order valence-corrected chi connectivity index (χ3v) is 4.37. The molecule has 0 unspecified atom stereocenters. The van der Waals surface area contributed by atoms with Gasteiger partial charge in [-0.05, 0) is 6.92 Å². The molecule has 0 amide bonds. The average Bonchev–Trinajstić information content (AvgIpc) is 3.02. The van der Waals surface area contributed by atoms with Gasteiger partial charge in [0.2, 0.25) is 11.8 Å². The van der Waals surface area contributed by atoms with E-state index in [1.165, 1.54) is 0 Å². The number of hydrogen-bond acceptors (Lipinski definition) is 8. The predicted octanol–water partition coefficient (Wildman–Crippen LogP) is 0.797. The SMILES string of the molecule is COc1ccnc(N2CCN(c3nc(C)nc4c3cnn4C)CC2)n1. The molecular weight excluding hydrogens is 320 g/mol. The molecule has 0 aromatic carbocycles. The number of ether oxygens (including phenoxy) is 1. The van der Waals surface area contributed by atoms with Crippen LogP contribution < -0.4 is 14.5 Å². The van der Waals surface area contributed by atoms with E-state index in [4.69, 9.17) is 4.74 Å². The largest absolute Gasteiger partial charge is 0.481 e. The first-order valence-electron chi connectivity index (χ1n) is 8.19. The molecule has 4 rings (SSSR count). The van der Waals surface area contributed by atoms with Gasteiger partial charge in [-0.3, -0.25) is 4.68 Å². The smallest absolute Gasteiger partial charge is 0.228 e. The molecule has 1 aliphatic rings. The van der Waals surface area contributed by atoms with Crippen molar-refractivity contribution in [3.8, 4) is 5.88 Å². The minimum atomic E-state index is 0.580. The molecular formula is C16H20N8O. The lowest BCUT2D eigenvalue weighted by atomic mass is 10.3. The second-order valence-electron chi connectivity index (χ2n) is 5.97. The van der Waals surface area contributed by atoms with Crippen LogP contribution in [0, 0.1) is 6.92 Å². The van der Waals surface area contributed by atoms with Gasteiger partial charge in [0.1, 0.15) is 11.6 Å². The second kappa shape index (κ2) is 6.15. The first-order valence-corrected chi connectivity index (χ1v) is 8.19. The summed E-state index contributed by atoms with van der Waals surface area (Å²) in [5.74, 6) is 2.98. The van der Waals surface area contributed by atoms with Crippen molar-refractivity contribution in [3.05, 3.63) is 24.3 Å². The van der Waals surface area contributed by atoms with Crippen molar-refractivity contribution in [3.63, 3.8) is 0 Å². The van der Waals surface area contributed by atoms with Crippen LogP contribution in [0.3, 0.4) is 0 Å². The molecule has 3 aromatic rings. The van der Waals surface area contributed by atoms with Crippen molar-refractivity contribution in [2.45, 2.75) is 6.92 Å². The average molecular weight is 340 g/mol. The number of piperazine rings is 1. The zero-order chi connectivity index (χ0) is 17.4. The van der Waals surface area contributed by atoms with E-state index in [0.29, 0.717) is 11.8 Å². The van der Waals surface area contributed by atoms with Crippen molar-refractivity contribution < 1.29 is 4.74 Å². The summed E-state index contributed by atoms with van der Waals surface area (Å²) in [6, 6.07) is 1.75. The van der Waals surface area contributed by atoms with E-state index in [9.17, 15) is 0 Å². The van der Waals surface area contributed by atoms with Crippen LogP contribution in [0.1, 0.15) is 5.82 Å². The summed E-state index contributed by atoms with van der Waals surface area (Å²) in [6.45, 7) is 5.22. The minimum absolute atomic E-state index is 0.580. The maximum atomic E-state index is 5.19. The maximum absolute atomic E-state index is 5.19. The molecule has 9 heteroatoms. The van der Waals surface area contributed by atoms with E-state index >= 15 is 0 Å². The Labute approximate surface area is 145 Å². The Balaban J connectivity index is 1.56. The summed E-state index contributed by atoms with van der Waals surface area (Å²) in [7, 11) is 3.51. The van der Waals surface area contributed by atoms with Gasteiger partial charge >= 0.3 is 0 Å². The third kappa shape index (κ3) is 2.81. The van der Waals surface area contributed by atoms with E-state index in [1.807, 2.05) is 20.2 Å². The normalized spacial score (nSPS) is 15.0. The highest BCUT2D eigenvalue weighted by Gasteiger charge is 2.23. The van der Waals surface area contributed by atoms with Gasteiger partial charge in [0.05, 0.1) is 18.7 Å². The van der Waals surface area contributed by atoms with Crippen molar-refractivity contribution >= 4 is 22.8 Å². The molecule has 25 heavy (non-hydrogen) atoms. The molecule has 4 heterocycles. The highest BCUT2D eigenvalue weighted by Crippen LogP contribution is 2.25. The lowest BCUT2D eigenvalue weighted by Crippen LogP contribution is -2.47. The monoisotopic (exact) mass is 340 g/mol. The number of hydrogen-bond donors (Lipinski definition) is 0. The van der Waals surface area contributed by atoms with E-state index in [0.717, 1.165) is 48.9 Å². The number of fused-ring (bicyclic) bond motifs is 1. The van der Waals surface area contributed by atoms with E-state index in [-0.39, 0.29) is 0 Å². The molecule has 0 saturated carbocycles. The fourth-order valence-electron chi connectivity index (χ4n) is 3.07. The van der Waals surface area contributed by atoms with Gasteiger partial charge in [-0.25, -0.2) is 15.0 Å². The van der Waals surface area contributed by atoms with Gasteiger partial charge in [-0.2, -0.15) is 10.1 Å². The minimum Gasteiger partial charge on any atom is -0.481 e. The molecule has 1 aliphatic heterocycles. The zero-order valence-corrected chi connectivity index (χ0v) is 14.5. The van der Waals surface area contributed by atoms with Crippen LogP contribution >= 0.6 is 0 Å². The molecule has 0 aliphatic carbocycles. The Bertz CT molecular complexity index is 900. The van der Waals surface area contributed by atoms with E-state index in [2.05, 4.69) is 34.8 Å². The Kier molecular flexibility index (Phi) is 3.83. The van der Waals surface area contributed by atoms with Crippen LogP contribution in [0.4, 0.5) is 11.8 Å². The van der Waals surface area contributed by atoms with Gasteiger partial charge in [-0.1, -0.05) is 0 Å². The standard InChI is InChI=1S/C16H20N8O/c1-11-19-14-12(10-18-22(14)2)15(20-11)23-6-8-24(9-7-23)16-17-5-4-13(21-16)25-3/h4-5,10H,6-9H2,1-3H3. The molecule has 0 atom stereocenters. The van der Waals surface area contributed by atoms with Crippen LogP contribution in [-0.4, -0.2) is 63.0 Å². The molecule has 0 spiro atoms. The summed E-state index contributed by atoms with van der Waals surface area (Å²) >= 11 is 0. The summed E-state index contributed by atoms with van der Waals surface area (Å²) in [5.41, 5.74) is 0.862. The fraction of sp³-hybridized carbons (Fsp3) is 0.438. The first kappa shape index (κ1) is 15.6. The zero-order valence-electron chi connectivity index (χ0n) is 14.5. The van der Waals surface area contributed by atoms with Crippen LogP contribution in [0.25, 0.3) is 11.0 Å². The number of aromatic nitrogens is 6. The van der Waals surface area contributed by atoms with Crippen LogP contribution in [0.5, 0.6) is 5.88 Å². The van der Waals surface area contributed by atoms with Crippen molar-refractivity contribution in [2.75, 3.05) is 43.1 Å². The molecule has 9 nitrogen and oxygen atoms in total. The molecule has 1 fully saturated rings. The molecule has 0 bridgehead atoms. The van der Waals surface area contributed by atoms with E-state index in [1.54, 1.807) is 24.1 Å². The summed E-state index contributed by atoms with van der Waals surface area (Å²) in [4.78, 5) is 22.3. The highest BCUT2D eigenvalue weighted by atomic mass is 16.5. The highest BCUT2D eigenvalue weighted by molar-refractivity contribution is 5.87. The summed E-state index contributed by atoms with van der Waals surface area (Å²) in [6.07, 6.45) is 3.56. The number of nitrogens with zero attached hydrogens (tertiary/aromatic N) is 8. The molecule has 0 radical (unpaired) electrons. The molecule has 130 valence electrons. The Hall–Kier alpha value is -2.97. The second-order valence-corrected chi connectivity index (χ2v) is 5.97. The van der Waals surface area contributed by atoms with Gasteiger partial charge in [0.25, 0.3) is 0 Å². The van der Waals surface area contributed by atoms with Crippen molar-refractivity contribution in [2.24, 2.45) is 7.05 Å². The number of aryl methyl sites for hydroxylation is 2. The fourth-order valence-corrected chi connectivity index (χ4v) is 3.07. The van der Waals surface area contributed by atoms with Crippen LogP contribution in [0.15, 0.2) is 18.5 Å². The Morgan fingerprint density at radius 3 is 2.56 bits per heavy atom. The summed E-state index contributed by atoms with van der Waals surface area (Å²) < 4.78 is 6.97. The topological polar surface area (TPSA) is 85.1 Å². The van der Waals surface area contributed by atoms with Gasteiger partial charge in [0, 0.05) is 45.5 Å². The Morgan fingerprint density at radius 2 is 1.80 bits per heavy atom.